The highest BCUT2D eigenvalue weighted by molar-refractivity contribution is 7.89. The van der Waals surface area contributed by atoms with Gasteiger partial charge in [0.05, 0.1) is 4.90 Å². The second-order valence-electron chi connectivity index (χ2n) is 3.20. The second kappa shape index (κ2) is 6.78. The SMILES string of the molecule is Cc1c(Cl)cc(S(=O)(=O)NCCN)cc1Cl.Cl. The zero-order valence-electron chi connectivity index (χ0n) is 9.04. The number of hydrogen-bond donors (Lipinski definition) is 2. The Hall–Kier alpha value is -0.0400. The van der Waals surface area contributed by atoms with E-state index in [2.05, 4.69) is 4.72 Å². The summed E-state index contributed by atoms with van der Waals surface area (Å²) in [7, 11) is -3.58. The van der Waals surface area contributed by atoms with Crippen LogP contribution in [0, 0.1) is 6.92 Å². The maximum atomic E-state index is 11.7. The van der Waals surface area contributed by atoms with Crippen molar-refractivity contribution >= 4 is 45.6 Å². The molecule has 0 heterocycles. The fourth-order valence-corrected chi connectivity index (χ4v) is 2.77. The van der Waals surface area contributed by atoms with Crippen LogP contribution >= 0.6 is 35.6 Å². The van der Waals surface area contributed by atoms with Crippen LogP contribution in [0.4, 0.5) is 0 Å². The Bertz CT molecular complexity index is 468. The quantitative estimate of drug-likeness (QED) is 0.891. The summed E-state index contributed by atoms with van der Waals surface area (Å²) in [4.78, 5) is 0.0431. The average Bonchev–Trinajstić information content (AvgIpc) is 2.22. The lowest BCUT2D eigenvalue weighted by Gasteiger charge is -2.08. The van der Waals surface area contributed by atoms with Crippen LogP contribution in [0.25, 0.3) is 0 Å². The van der Waals surface area contributed by atoms with Crippen molar-refractivity contribution in [2.24, 2.45) is 5.73 Å². The van der Waals surface area contributed by atoms with Gasteiger partial charge in [0.1, 0.15) is 0 Å². The summed E-state index contributed by atoms with van der Waals surface area (Å²) < 4.78 is 25.8. The van der Waals surface area contributed by atoms with Crippen LogP contribution in [0.2, 0.25) is 10.0 Å². The topological polar surface area (TPSA) is 72.2 Å². The minimum Gasteiger partial charge on any atom is -0.329 e. The molecule has 4 nitrogen and oxygen atoms in total. The van der Waals surface area contributed by atoms with Gasteiger partial charge < -0.3 is 5.73 Å². The predicted octanol–water partition coefficient (Wildman–Crippen LogP) is 1.96. The van der Waals surface area contributed by atoms with Gasteiger partial charge in [-0.15, -0.1) is 12.4 Å². The highest BCUT2D eigenvalue weighted by atomic mass is 35.5. The van der Waals surface area contributed by atoms with E-state index < -0.39 is 10.0 Å². The van der Waals surface area contributed by atoms with Crippen LogP contribution in [0.5, 0.6) is 0 Å². The number of rotatable bonds is 4. The van der Waals surface area contributed by atoms with Crippen molar-refractivity contribution < 1.29 is 8.42 Å². The molecule has 1 aromatic carbocycles. The van der Waals surface area contributed by atoms with E-state index in [-0.39, 0.29) is 30.4 Å². The van der Waals surface area contributed by atoms with Crippen LogP contribution in [0.3, 0.4) is 0 Å². The standard InChI is InChI=1S/C9H12Cl2N2O2S.ClH/c1-6-8(10)4-7(5-9(6)11)16(14,15)13-3-2-12;/h4-5,13H,2-3,12H2,1H3;1H. The summed E-state index contributed by atoms with van der Waals surface area (Å²) in [5.41, 5.74) is 5.87. The highest BCUT2D eigenvalue weighted by Crippen LogP contribution is 2.27. The number of hydrogen-bond acceptors (Lipinski definition) is 3. The molecule has 0 bridgehead atoms. The molecule has 0 spiro atoms. The van der Waals surface area contributed by atoms with Gasteiger partial charge in [0.2, 0.25) is 10.0 Å². The molecule has 3 N–H and O–H groups in total. The molecule has 98 valence electrons. The van der Waals surface area contributed by atoms with Crippen LogP contribution in [0.1, 0.15) is 5.56 Å². The molecule has 0 aliphatic heterocycles. The molecule has 0 radical (unpaired) electrons. The first-order valence-corrected chi connectivity index (χ1v) is 6.78. The van der Waals surface area contributed by atoms with E-state index in [4.69, 9.17) is 28.9 Å². The smallest absolute Gasteiger partial charge is 0.240 e. The maximum Gasteiger partial charge on any atom is 0.240 e. The third kappa shape index (κ3) is 4.28. The summed E-state index contributed by atoms with van der Waals surface area (Å²) in [5, 5.41) is 0.640. The zero-order chi connectivity index (χ0) is 12.3. The molecule has 0 saturated heterocycles. The summed E-state index contributed by atoms with van der Waals surface area (Å²) in [6.45, 7) is 2.12. The third-order valence-electron chi connectivity index (χ3n) is 2.00. The summed E-state index contributed by atoms with van der Waals surface area (Å²) >= 11 is 11.7. The van der Waals surface area contributed by atoms with Crippen molar-refractivity contribution in [3.63, 3.8) is 0 Å². The normalized spacial score (nSPS) is 11.1. The zero-order valence-corrected chi connectivity index (χ0v) is 12.2. The van der Waals surface area contributed by atoms with E-state index >= 15 is 0 Å². The summed E-state index contributed by atoms with van der Waals surface area (Å²) in [6.07, 6.45) is 0. The molecule has 0 aromatic heterocycles. The van der Waals surface area contributed by atoms with Crippen molar-refractivity contribution in [2.45, 2.75) is 11.8 Å². The third-order valence-corrected chi connectivity index (χ3v) is 4.23. The molecule has 1 aromatic rings. The molecule has 0 amide bonds. The van der Waals surface area contributed by atoms with Gasteiger partial charge in [-0.1, -0.05) is 23.2 Å². The van der Waals surface area contributed by atoms with E-state index in [1.54, 1.807) is 6.92 Å². The molecule has 0 saturated carbocycles. The maximum absolute atomic E-state index is 11.7. The Morgan fingerprint density at radius 1 is 1.29 bits per heavy atom. The molecule has 0 aliphatic rings. The Morgan fingerprint density at radius 2 is 1.76 bits per heavy atom. The summed E-state index contributed by atoms with van der Waals surface area (Å²) in [6, 6.07) is 2.73. The Kier molecular flexibility index (Phi) is 6.76. The Morgan fingerprint density at radius 3 is 2.18 bits per heavy atom. The van der Waals surface area contributed by atoms with Gasteiger partial charge in [0.15, 0.2) is 0 Å². The van der Waals surface area contributed by atoms with Crippen LogP contribution < -0.4 is 10.5 Å². The predicted molar refractivity (Wildman–Crippen MR) is 72.7 cm³/mol. The lowest BCUT2D eigenvalue weighted by Crippen LogP contribution is -2.29. The first kappa shape index (κ1) is 17.0. The lowest BCUT2D eigenvalue weighted by atomic mass is 10.2. The number of benzene rings is 1. The molecule has 0 aliphatic carbocycles. The highest BCUT2D eigenvalue weighted by Gasteiger charge is 2.16. The van der Waals surface area contributed by atoms with Gasteiger partial charge in [-0.2, -0.15) is 0 Å². The van der Waals surface area contributed by atoms with Crippen molar-refractivity contribution in [3.8, 4) is 0 Å². The average molecular weight is 320 g/mol. The van der Waals surface area contributed by atoms with Gasteiger partial charge in [0, 0.05) is 23.1 Å². The molecular weight excluding hydrogens is 307 g/mol. The van der Waals surface area contributed by atoms with E-state index in [0.717, 1.165) is 0 Å². The lowest BCUT2D eigenvalue weighted by molar-refractivity contribution is 0.582. The molecule has 0 unspecified atom stereocenters. The Labute approximate surface area is 117 Å². The molecule has 1 rings (SSSR count). The number of nitrogens with two attached hydrogens (primary N) is 1. The molecular formula is C9H13Cl3N2O2S. The van der Waals surface area contributed by atoms with Crippen LogP contribution in [-0.2, 0) is 10.0 Å². The largest absolute Gasteiger partial charge is 0.329 e. The second-order valence-corrected chi connectivity index (χ2v) is 5.78. The van der Waals surface area contributed by atoms with Crippen molar-refractivity contribution in [3.05, 3.63) is 27.7 Å². The van der Waals surface area contributed by atoms with Crippen molar-refractivity contribution in [1.82, 2.24) is 4.72 Å². The van der Waals surface area contributed by atoms with Gasteiger partial charge in [0.25, 0.3) is 0 Å². The summed E-state index contributed by atoms with van der Waals surface area (Å²) in [5.74, 6) is 0. The number of sulfonamides is 1. The van der Waals surface area contributed by atoms with Gasteiger partial charge >= 0.3 is 0 Å². The molecule has 17 heavy (non-hydrogen) atoms. The number of halogens is 3. The Balaban J connectivity index is 0.00000256. The fourth-order valence-electron chi connectivity index (χ4n) is 1.05. The van der Waals surface area contributed by atoms with E-state index in [9.17, 15) is 8.42 Å². The minimum absolute atomic E-state index is 0. The van der Waals surface area contributed by atoms with Crippen molar-refractivity contribution in [2.75, 3.05) is 13.1 Å². The number of nitrogens with one attached hydrogen (secondary N) is 1. The van der Waals surface area contributed by atoms with Gasteiger partial charge in [-0.05, 0) is 24.6 Å². The van der Waals surface area contributed by atoms with Crippen LogP contribution in [-0.4, -0.2) is 21.5 Å². The van der Waals surface area contributed by atoms with E-state index in [0.29, 0.717) is 15.6 Å². The minimum atomic E-state index is -3.58. The van der Waals surface area contributed by atoms with E-state index in [1.807, 2.05) is 0 Å². The van der Waals surface area contributed by atoms with Gasteiger partial charge in [-0.3, -0.25) is 0 Å². The van der Waals surface area contributed by atoms with Crippen molar-refractivity contribution in [1.29, 1.82) is 0 Å². The van der Waals surface area contributed by atoms with Gasteiger partial charge in [-0.25, -0.2) is 13.1 Å². The fraction of sp³-hybridized carbons (Fsp3) is 0.333. The first-order chi connectivity index (χ1) is 7.38. The molecule has 8 heteroatoms. The van der Waals surface area contributed by atoms with Crippen LogP contribution in [0.15, 0.2) is 17.0 Å². The molecule has 0 atom stereocenters. The monoisotopic (exact) mass is 318 g/mol. The molecule has 0 fully saturated rings. The first-order valence-electron chi connectivity index (χ1n) is 4.54. The van der Waals surface area contributed by atoms with E-state index in [1.165, 1.54) is 12.1 Å².